The van der Waals surface area contributed by atoms with Crippen LogP contribution in [0.3, 0.4) is 0 Å². The monoisotopic (exact) mass is 240 g/mol. The van der Waals surface area contributed by atoms with Crippen molar-refractivity contribution >= 4 is 6.03 Å². The third kappa shape index (κ3) is 2.88. The van der Waals surface area contributed by atoms with Gasteiger partial charge in [-0.2, -0.15) is 0 Å². The molecule has 0 bridgehead atoms. The second-order valence-corrected chi connectivity index (χ2v) is 4.26. The van der Waals surface area contributed by atoms with E-state index < -0.39 is 6.03 Å². The Hall–Kier alpha value is -2.29. The van der Waals surface area contributed by atoms with E-state index in [9.17, 15) is 4.79 Å². The maximum absolute atomic E-state index is 11.1. The quantitative estimate of drug-likeness (QED) is 0.851. The maximum Gasteiger partial charge on any atom is 0.312 e. The van der Waals surface area contributed by atoms with E-state index in [2.05, 4.69) is 5.32 Å². The molecule has 0 radical (unpaired) electrons. The van der Waals surface area contributed by atoms with Crippen LogP contribution in [0.25, 0.3) is 0 Å². The van der Waals surface area contributed by atoms with E-state index in [-0.39, 0.29) is 6.04 Å². The van der Waals surface area contributed by atoms with E-state index in [0.717, 1.165) is 11.1 Å². The van der Waals surface area contributed by atoms with Crippen molar-refractivity contribution in [1.29, 1.82) is 0 Å². The minimum Gasteiger partial charge on any atom is -0.352 e. The highest BCUT2D eigenvalue weighted by atomic mass is 16.2. The molecular weight excluding hydrogens is 224 g/mol. The highest BCUT2D eigenvalue weighted by Gasteiger charge is 2.14. The van der Waals surface area contributed by atoms with E-state index in [4.69, 9.17) is 5.73 Å². The van der Waals surface area contributed by atoms with Gasteiger partial charge in [0.15, 0.2) is 0 Å². The molecule has 2 aromatic rings. The number of urea groups is 1. The number of carbonyl (C=O) groups excluding carboxylic acids is 1. The summed E-state index contributed by atoms with van der Waals surface area (Å²) in [4.78, 5) is 11.1. The fourth-order valence-electron chi connectivity index (χ4n) is 1.91. The summed E-state index contributed by atoms with van der Waals surface area (Å²) >= 11 is 0. The van der Waals surface area contributed by atoms with Crippen LogP contribution in [-0.2, 0) is 0 Å². The summed E-state index contributed by atoms with van der Waals surface area (Å²) < 4.78 is 0. The predicted octanol–water partition coefficient (Wildman–Crippen LogP) is 2.75. The molecule has 0 spiro atoms. The van der Waals surface area contributed by atoms with Gasteiger partial charge in [0.2, 0.25) is 0 Å². The number of primary amides is 1. The van der Waals surface area contributed by atoms with Crippen LogP contribution in [0.5, 0.6) is 0 Å². The summed E-state index contributed by atoms with van der Waals surface area (Å²) in [6.45, 7) is 2.03. The first-order valence-electron chi connectivity index (χ1n) is 5.84. The molecule has 0 saturated heterocycles. The molecule has 3 nitrogen and oxygen atoms in total. The molecule has 2 amide bonds. The Bertz CT molecular complexity index is 520. The van der Waals surface area contributed by atoms with Crippen LogP contribution in [0.1, 0.15) is 22.7 Å². The molecule has 2 aromatic carbocycles. The summed E-state index contributed by atoms with van der Waals surface area (Å²) in [5, 5.41) is 2.77. The third-order valence-corrected chi connectivity index (χ3v) is 2.83. The van der Waals surface area contributed by atoms with Crippen molar-refractivity contribution in [3.8, 4) is 0 Å². The van der Waals surface area contributed by atoms with Crippen LogP contribution in [0.4, 0.5) is 4.79 Å². The van der Waals surface area contributed by atoms with E-state index >= 15 is 0 Å². The van der Waals surface area contributed by atoms with Crippen LogP contribution < -0.4 is 11.1 Å². The number of hydrogen-bond donors (Lipinski definition) is 2. The van der Waals surface area contributed by atoms with Crippen molar-refractivity contribution in [2.45, 2.75) is 13.0 Å². The summed E-state index contributed by atoms with van der Waals surface area (Å²) in [6.07, 6.45) is 0. The molecular formula is C15H16N2O. The van der Waals surface area contributed by atoms with Crippen LogP contribution >= 0.6 is 0 Å². The average Bonchev–Trinajstić information content (AvgIpc) is 2.38. The molecule has 92 valence electrons. The minimum absolute atomic E-state index is 0.204. The normalized spacial score (nSPS) is 11.8. The summed E-state index contributed by atoms with van der Waals surface area (Å²) in [5.74, 6) is 0. The lowest BCUT2D eigenvalue weighted by Crippen LogP contribution is -2.33. The van der Waals surface area contributed by atoms with Gasteiger partial charge in [0, 0.05) is 0 Å². The van der Waals surface area contributed by atoms with Crippen LogP contribution in [0.2, 0.25) is 0 Å². The first kappa shape index (κ1) is 12.2. The van der Waals surface area contributed by atoms with Gasteiger partial charge >= 0.3 is 6.03 Å². The average molecular weight is 240 g/mol. The van der Waals surface area contributed by atoms with Crippen molar-refractivity contribution in [3.63, 3.8) is 0 Å². The molecule has 0 unspecified atom stereocenters. The van der Waals surface area contributed by atoms with E-state index in [1.807, 2.05) is 61.5 Å². The summed E-state index contributed by atoms with van der Waals surface area (Å²) in [6, 6.07) is 17.1. The second-order valence-electron chi connectivity index (χ2n) is 4.26. The van der Waals surface area contributed by atoms with Gasteiger partial charge in [-0.05, 0) is 18.1 Å². The number of amides is 2. The van der Waals surface area contributed by atoms with Gasteiger partial charge < -0.3 is 11.1 Å². The lowest BCUT2D eigenvalue weighted by Gasteiger charge is -2.18. The van der Waals surface area contributed by atoms with Crippen LogP contribution in [-0.4, -0.2) is 6.03 Å². The Morgan fingerprint density at radius 3 is 2.11 bits per heavy atom. The molecule has 3 heteroatoms. The van der Waals surface area contributed by atoms with Gasteiger partial charge in [-0.15, -0.1) is 0 Å². The Morgan fingerprint density at radius 2 is 1.56 bits per heavy atom. The summed E-state index contributed by atoms with van der Waals surface area (Å²) in [7, 11) is 0. The van der Waals surface area contributed by atoms with Crippen LogP contribution in [0, 0.1) is 6.92 Å². The highest BCUT2D eigenvalue weighted by molar-refractivity contribution is 5.72. The number of carbonyl (C=O) groups is 1. The van der Waals surface area contributed by atoms with Gasteiger partial charge in [-0.3, -0.25) is 0 Å². The number of benzene rings is 2. The summed E-state index contributed by atoms with van der Waals surface area (Å²) in [5.41, 5.74) is 8.47. The van der Waals surface area contributed by atoms with Crippen molar-refractivity contribution in [2.75, 3.05) is 0 Å². The SMILES string of the molecule is Cc1ccc([C@H](NC(N)=O)c2ccccc2)cc1. The van der Waals surface area contributed by atoms with Gasteiger partial charge in [0.1, 0.15) is 0 Å². The predicted molar refractivity (Wildman–Crippen MR) is 72.2 cm³/mol. The van der Waals surface area contributed by atoms with Gasteiger partial charge in [-0.1, -0.05) is 60.2 Å². The zero-order valence-electron chi connectivity index (χ0n) is 10.3. The molecule has 1 atom stereocenters. The van der Waals surface area contributed by atoms with Gasteiger partial charge in [0.05, 0.1) is 6.04 Å². The molecule has 0 heterocycles. The number of nitrogens with one attached hydrogen (secondary N) is 1. The first-order chi connectivity index (χ1) is 8.66. The van der Waals surface area contributed by atoms with E-state index in [1.54, 1.807) is 0 Å². The molecule has 3 N–H and O–H groups in total. The number of rotatable bonds is 3. The van der Waals surface area contributed by atoms with E-state index in [1.165, 1.54) is 5.56 Å². The lowest BCUT2D eigenvalue weighted by molar-refractivity contribution is 0.247. The third-order valence-electron chi connectivity index (χ3n) is 2.83. The smallest absolute Gasteiger partial charge is 0.312 e. The van der Waals surface area contributed by atoms with Crippen LogP contribution in [0.15, 0.2) is 54.6 Å². The molecule has 18 heavy (non-hydrogen) atoms. The van der Waals surface area contributed by atoms with Crippen molar-refractivity contribution in [1.82, 2.24) is 5.32 Å². The number of nitrogens with two attached hydrogens (primary N) is 1. The zero-order chi connectivity index (χ0) is 13.0. The van der Waals surface area contributed by atoms with Gasteiger partial charge in [0.25, 0.3) is 0 Å². The standard InChI is InChI=1S/C15H16N2O/c1-11-7-9-13(10-8-11)14(17-15(16)18)12-5-3-2-4-6-12/h2-10,14H,1H3,(H3,16,17,18)/t14-/m1/s1. The molecule has 0 aliphatic rings. The molecule has 0 aliphatic carbocycles. The van der Waals surface area contributed by atoms with Crippen molar-refractivity contribution in [3.05, 3.63) is 71.3 Å². The Balaban J connectivity index is 2.36. The fraction of sp³-hybridized carbons (Fsp3) is 0.133. The topological polar surface area (TPSA) is 55.1 Å². The Morgan fingerprint density at radius 1 is 1.00 bits per heavy atom. The highest BCUT2D eigenvalue weighted by Crippen LogP contribution is 2.22. The van der Waals surface area contributed by atoms with Crippen molar-refractivity contribution in [2.24, 2.45) is 5.73 Å². The molecule has 0 saturated carbocycles. The molecule has 0 fully saturated rings. The Kier molecular flexibility index (Phi) is 3.63. The molecule has 0 aromatic heterocycles. The Labute approximate surface area is 107 Å². The number of hydrogen-bond acceptors (Lipinski definition) is 1. The number of aryl methyl sites for hydroxylation is 1. The zero-order valence-corrected chi connectivity index (χ0v) is 10.3. The maximum atomic E-state index is 11.1. The first-order valence-corrected chi connectivity index (χ1v) is 5.84. The molecule has 0 aliphatic heterocycles. The second kappa shape index (κ2) is 5.36. The fourth-order valence-corrected chi connectivity index (χ4v) is 1.91. The molecule has 2 rings (SSSR count). The van der Waals surface area contributed by atoms with Gasteiger partial charge in [-0.25, -0.2) is 4.79 Å². The van der Waals surface area contributed by atoms with E-state index in [0.29, 0.717) is 0 Å². The largest absolute Gasteiger partial charge is 0.352 e. The lowest BCUT2D eigenvalue weighted by atomic mass is 9.98. The minimum atomic E-state index is -0.524. The van der Waals surface area contributed by atoms with Crippen molar-refractivity contribution < 1.29 is 4.79 Å².